The molecule has 0 atom stereocenters. The van der Waals surface area contributed by atoms with Crippen LogP contribution in [0.15, 0.2) is 24.4 Å². The number of nitrogens with zero attached hydrogens (tertiary/aromatic N) is 1. The molecule has 0 aromatic carbocycles. The summed E-state index contributed by atoms with van der Waals surface area (Å²) in [5, 5.41) is 0. The Morgan fingerprint density at radius 1 is 1.36 bits per heavy atom. The minimum Gasteiger partial charge on any atom is -0.260 e. The fourth-order valence-corrected chi connectivity index (χ4v) is 2.64. The van der Waals surface area contributed by atoms with Crippen LogP contribution < -0.4 is 0 Å². The lowest BCUT2D eigenvalue weighted by molar-refractivity contribution is 0.591. The Bertz CT molecular complexity index is 359. The van der Waals surface area contributed by atoms with Crippen LogP contribution in [0.2, 0.25) is 0 Å². The van der Waals surface area contributed by atoms with E-state index in [0.29, 0.717) is 5.69 Å². The smallest absolute Gasteiger partial charge is 0.156 e. The Kier molecular flexibility index (Phi) is 4.07. The van der Waals surface area contributed by atoms with E-state index >= 15 is 0 Å². The number of unbranched alkanes of at least 4 members (excludes halogenated alkanes) is 1. The number of pyridine rings is 1. The molecule has 0 saturated carbocycles. The zero-order valence-corrected chi connectivity index (χ0v) is 9.13. The van der Waals surface area contributed by atoms with E-state index in [2.05, 4.69) is 4.98 Å². The second-order valence-electron chi connectivity index (χ2n) is 3.27. The molecule has 0 amide bonds. The van der Waals surface area contributed by atoms with E-state index in [-0.39, 0.29) is 11.5 Å². The first kappa shape index (κ1) is 11.2. The Morgan fingerprint density at radius 3 is 2.71 bits per heavy atom. The van der Waals surface area contributed by atoms with Crippen molar-refractivity contribution in [1.82, 2.24) is 4.98 Å². The molecule has 14 heavy (non-hydrogen) atoms. The molecule has 0 aliphatic rings. The number of rotatable bonds is 5. The predicted octanol–water partition coefficient (Wildman–Crippen LogP) is 1.80. The minimum atomic E-state index is -2.96. The van der Waals surface area contributed by atoms with Gasteiger partial charge in [0.15, 0.2) is 9.84 Å². The Balaban J connectivity index is 2.60. The second-order valence-corrected chi connectivity index (χ2v) is 5.45. The van der Waals surface area contributed by atoms with Crippen LogP contribution in [0.1, 0.15) is 25.5 Å². The van der Waals surface area contributed by atoms with E-state index in [1.54, 1.807) is 24.4 Å². The maximum absolute atomic E-state index is 11.5. The van der Waals surface area contributed by atoms with Crippen LogP contribution in [0.4, 0.5) is 0 Å². The van der Waals surface area contributed by atoms with Gasteiger partial charge in [-0.05, 0) is 18.6 Å². The van der Waals surface area contributed by atoms with Crippen LogP contribution in [-0.4, -0.2) is 19.2 Å². The van der Waals surface area contributed by atoms with Gasteiger partial charge < -0.3 is 0 Å². The van der Waals surface area contributed by atoms with Gasteiger partial charge in [0, 0.05) is 6.20 Å². The Hall–Kier alpha value is -0.900. The summed E-state index contributed by atoms with van der Waals surface area (Å²) in [7, 11) is -2.96. The molecule has 1 rings (SSSR count). The molecular formula is C10H15NO2S. The van der Waals surface area contributed by atoms with Crippen molar-refractivity contribution in [3.8, 4) is 0 Å². The summed E-state index contributed by atoms with van der Waals surface area (Å²) < 4.78 is 23.0. The second kappa shape index (κ2) is 5.10. The highest BCUT2D eigenvalue weighted by molar-refractivity contribution is 7.90. The maximum Gasteiger partial charge on any atom is 0.156 e. The van der Waals surface area contributed by atoms with Gasteiger partial charge in [0.25, 0.3) is 0 Å². The Labute approximate surface area is 85.1 Å². The molecular weight excluding hydrogens is 198 g/mol. The average Bonchev–Trinajstić information content (AvgIpc) is 2.16. The fourth-order valence-electron chi connectivity index (χ4n) is 1.15. The van der Waals surface area contributed by atoms with Crippen LogP contribution >= 0.6 is 0 Å². The normalized spacial score (nSPS) is 11.5. The lowest BCUT2D eigenvalue weighted by atomic mass is 10.4. The van der Waals surface area contributed by atoms with Gasteiger partial charge in [-0.15, -0.1) is 0 Å². The molecule has 0 unspecified atom stereocenters. The number of sulfone groups is 1. The lowest BCUT2D eigenvalue weighted by Crippen LogP contribution is -2.09. The van der Waals surface area contributed by atoms with Crippen LogP contribution in [0.5, 0.6) is 0 Å². The van der Waals surface area contributed by atoms with Crippen molar-refractivity contribution >= 4 is 9.84 Å². The molecule has 0 aliphatic carbocycles. The quantitative estimate of drug-likeness (QED) is 0.749. The summed E-state index contributed by atoms with van der Waals surface area (Å²) in [5.74, 6) is 0.327. The Morgan fingerprint density at radius 2 is 2.14 bits per heavy atom. The van der Waals surface area contributed by atoms with Crippen molar-refractivity contribution in [2.75, 3.05) is 5.75 Å². The fraction of sp³-hybridized carbons (Fsp3) is 0.500. The van der Waals surface area contributed by atoms with Gasteiger partial charge >= 0.3 is 0 Å². The molecule has 0 N–H and O–H groups in total. The molecule has 0 saturated heterocycles. The van der Waals surface area contributed by atoms with E-state index in [0.717, 1.165) is 12.8 Å². The lowest BCUT2D eigenvalue weighted by Gasteiger charge is -2.02. The average molecular weight is 213 g/mol. The van der Waals surface area contributed by atoms with E-state index in [4.69, 9.17) is 0 Å². The molecule has 1 heterocycles. The van der Waals surface area contributed by atoms with Gasteiger partial charge in [0.05, 0.1) is 17.2 Å². The van der Waals surface area contributed by atoms with E-state index in [1.807, 2.05) is 6.92 Å². The highest BCUT2D eigenvalue weighted by Gasteiger charge is 2.11. The molecule has 1 aromatic heterocycles. The SMILES string of the molecule is CCCCS(=O)(=O)Cc1ccccn1. The van der Waals surface area contributed by atoms with Crippen LogP contribution in [0, 0.1) is 0 Å². The van der Waals surface area contributed by atoms with Gasteiger partial charge in [-0.25, -0.2) is 8.42 Å². The third-order valence-electron chi connectivity index (χ3n) is 1.90. The molecule has 0 aliphatic heterocycles. The first-order valence-electron chi connectivity index (χ1n) is 4.74. The van der Waals surface area contributed by atoms with Gasteiger partial charge in [0.2, 0.25) is 0 Å². The molecule has 0 fully saturated rings. The van der Waals surface area contributed by atoms with Crippen molar-refractivity contribution in [3.05, 3.63) is 30.1 Å². The molecule has 0 radical (unpaired) electrons. The number of hydrogen-bond acceptors (Lipinski definition) is 3. The van der Waals surface area contributed by atoms with Crippen LogP contribution in [0.25, 0.3) is 0 Å². The summed E-state index contributed by atoms with van der Waals surface area (Å²) in [6.07, 6.45) is 3.25. The third kappa shape index (κ3) is 3.87. The monoisotopic (exact) mass is 213 g/mol. The van der Waals surface area contributed by atoms with Crippen LogP contribution in [0.3, 0.4) is 0 Å². The zero-order chi connectivity index (χ0) is 10.4. The molecule has 4 heteroatoms. The standard InChI is InChI=1S/C10H15NO2S/c1-2-3-8-14(12,13)9-10-6-4-5-7-11-10/h4-7H,2-3,8-9H2,1H3. The van der Waals surface area contributed by atoms with Crippen molar-refractivity contribution in [2.45, 2.75) is 25.5 Å². The van der Waals surface area contributed by atoms with Gasteiger partial charge in [-0.3, -0.25) is 4.98 Å². The highest BCUT2D eigenvalue weighted by atomic mass is 32.2. The van der Waals surface area contributed by atoms with Crippen molar-refractivity contribution < 1.29 is 8.42 Å². The maximum atomic E-state index is 11.5. The first-order valence-corrected chi connectivity index (χ1v) is 6.56. The third-order valence-corrected chi connectivity index (χ3v) is 3.55. The van der Waals surface area contributed by atoms with Gasteiger partial charge in [-0.2, -0.15) is 0 Å². The molecule has 1 aromatic rings. The van der Waals surface area contributed by atoms with E-state index in [9.17, 15) is 8.42 Å². The topological polar surface area (TPSA) is 47.0 Å². The van der Waals surface area contributed by atoms with Crippen molar-refractivity contribution in [1.29, 1.82) is 0 Å². The van der Waals surface area contributed by atoms with E-state index < -0.39 is 9.84 Å². The number of hydrogen-bond donors (Lipinski definition) is 0. The summed E-state index contributed by atoms with van der Waals surface area (Å²) in [4.78, 5) is 3.99. The van der Waals surface area contributed by atoms with E-state index in [1.165, 1.54) is 0 Å². The summed E-state index contributed by atoms with van der Waals surface area (Å²) in [6, 6.07) is 5.32. The summed E-state index contributed by atoms with van der Waals surface area (Å²) in [6.45, 7) is 1.98. The molecule has 3 nitrogen and oxygen atoms in total. The van der Waals surface area contributed by atoms with Crippen molar-refractivity contribution in [3.63, 3.8) is 0 Å². The zero-order valence-electron chi connectivity index (χ0n) is 8.31. The van der Waals surface area contributed by atoms with Gasteiger partial charge in [-0.1, -0.05) is 19.4 Å². The predicted molar refractivity (Wildman–Crippen MR) is 56.6 cm³/mol. The minimum absolute atomic E-state index is 0.0633. The molecule has 78 valence electrons. The van der Waals surface area contributed by atoms with Crippen LogP contribution in [-0.2, 0) is 15.6 Å². The van der Waals surface area contributed by atoms with Gasteiger partial charge in [0.1, 0.15) is 0 Å². The summed E-state index contributed by atoms with van der Waals surface area (Å²) in [5.41, 5.74) is 0.628. The summed E-state index contributed by atoms with van der Waals surface area (Å²) >= 11 is 0. The highest BCUT2D eigenvalue weighted by Crippen LogP contribution is 2.05. The molecule has 0 bridgehead atoms. The number of aromatic nitrogens is 1. The molecule has 0 spiro atoms. The van der Waals surface area contributed by atoms with Crippen molar-refractivity contribution in [2.24, 2.45) is 0 Å². The first-order chi connectivity index (χ1) is 6.64. The largest absolute Gasteiger partial charge is 0.260 e.